The smallest absolute Gasteiger partial charge is 0.0937 e. The number of hydrogen-bond acceptors (Lipinski definition) is 4. The number of rotatable bonds is 2. The Morgan fingerprint density at radius 1 is 1.16 bits per heavy atom. The first-order chi connectivity index (χ1) is 8.76. The third kappa shape index (κ3) is 2.23. The van der Waals surface area contributed by atoms with Crippen molar-refractivity contribution in [2.75, 3.05) is 6.61 Å². The summed E-state index contributed by atoms with van der Waals surface area (Å²) < 4.78 is 0. The van der Waals surface area contributed by atoms with Crippen molar-refractivity contribution < 1.29 is 20.4 Å². The number of aliphatic hydroxyl groups excluding tert-OH is 3. The van der Waals surface area contributed by atoms with E-state index in [1.165, 1.54) is 0 Å². The van der Waals surface area contributed by atoms with E-state index in [0.717, 1.165) is 12.8 Å². The number of aliphatic hydroxyl groups is 4. The molecule has 2 aliphatic rings. The molecule has 2 fully saturated rings. The van der Waals surface area contributed by atoms with Crippen molar-refractivity contribution >= 4 is 0 Å². The molecule has 4 nitrogen and oxygen atoms in total. The van der Waals surface area contributed by atoms with Gasteiger partial charge in [-0.25, -0.2) is 0 Å². The fourth-order valence-electron chi connectivity index (χ4n) is 4.52. The summed E-state index contributed by atoms with van der Waals surface area (Å²) in [6, 6.07) is 0. The second-order valence-corrected chi connectivity index (χ2v) is 7.24. The van der Waals surface area contributed by atoms with Gasteiger partial charge in [-0.15, -0.1) is 0 Å². The van der Waals surface area contributed by atoms with Gasteiger partial charge in [0.1, 0.15) is 0 Å². The summed E-state index contributed by atoms with van der Waals surface area (Å²) in [5, 5.41) is 41.3. The first kappa shape index (κ1) is 15.2. The van der Waals surface area contributed by atoms with Gasteiger partial charge >= 0.3 is 0 Å². The molecule has 0 bridgehead atoms. The van der Waals surface area contributed by atoms with Crippen LogP contribution in [0, 0.1) is 23.2 Å². The van der Waals surface area contributed by atoms with E-state index in [-0.39, 0.29) is 12.5 Å². The molecular formula is C15H28O4. The van der Waals surface area contributed by atoms with Gasteiger partial charge in [0, 0.05) is 11.3 Å². The van der Waals surface area contributed by atoms with Crippen LogP contribution in [-0.4, -0.2) is 44.8 Å². The van der Waals surface area contributed by atoms with Gasteiger partial charge in [-0.3, -0.25) is 0 Å². The molecule has 0 aromatic rings. The quantitative estimate of drug-likeness (QED) is 0.602. The Morgan fingerprint density at radius 3 is 2.32 bits per heavy atom. The summed E-state index contributed by atoms with van der Waals surface area (Å²) in [5.74, 6) is 0.0120. The molecular weight excluding hydrogens is 244 g/mol. The van der Waals surface area contributed by atoms with E-state index in [4.69, 9.17) is 0 Å². The lowest BCUT2D eigenvalue weighted by Crippen LogP contribution is -2.65. The molecule has 0 amide bonds. The highest BCUT2D eigenvalue weighted by molar-refractivity contribution is 5.10. The Kier molecular flexibility index (Phi) is 4.00. The third-order valence-electron chi connectivity index (χ3n) is 5.83. The maximum Gasteiger partial charge on any atom is 0.0937 e. The molecule has 6 atom stereocenters. The Hall–Kier alpha value is -0.160. The Labute approximate surface area is 115 Å². The van der Waals surface area contributed by atoms with Crippen molar-refractivity contribution in [1.29, 1.82) is 0 Å². The minimum absolute atomic E-state index is 0.126. The maximum atomic E-state index is 10.7. The summed E-state index contributed by atoms with van der Waals surface area (Å²) in [4.78, 5) is 0. The SMILES string of the molecule is CC(C)C1CCC2(C)C(O)CCC(O)(CO)C2C1O. The van der Waals surface area contributed by atoms with Crippen LogP contribution < -0.4 is 0 Å². The van der Waals surface area contributed by atoms with Crippen LogP contribution in [0.1, 0.15) is 46.5 Å². The zero-order chi connectivity index (χ0) is 14.4. The van der Waals surface area contributed by atoms with Crippen LogP contribution in [0.5, 0.6) is 0 Å². The predicted molar refractivity (Wildman–Crippen MR) is 72.4 cm³/mol. The van der Waals surface area contributed by atoms with Crippen molar-refractivity contribution in [3.05, 3.63) is 0 Å². The van der Waals surface area contributed by atoms with E-state index in [9.17, 15) is 20.4 Å². The molecule has 2 aliphatic carbocycles. The van der Waals surface area contributed by atoms with Gasteiger partial charge < -0.3 is 20.4 Å². The molecule has 112 valence electrons. The molecule has 0 aromatic carbocycles. The first-order valence-corrected chi connectivity index (χ1v) is 7.45. The molecule has 4 N–H and O–H groups in total. The zero-order valence-corrected chi connectivity index (χ0v) is 12.2. The standard InChI is InChI=1S/C15H28O4/c1-9(2)10-4-6-14(3)11(17)5-7-15(19,8-16)13(14)12(10)18/h9-13,16-19H,4-8H2,1-3H3. The highest BCUT2D eigenvalue weighted by atomic mass is 16.3. The maximum absolute atomic E-state index is 10.7. The summed E-state index contributed by atoms with van der Waals surface area (Å²) in [5.41, 5.74) is -1.76. The molecule has 0 saturated heterocycles. The molecule has 4 heteroatoms. The lowest BCUT2D eigenvalue weighted by Gasteiger charge is -2.59. The van der Waals surface area contributed by atoms with Gasteiger partial charge in [0.2, 0.25) is 0 Å². The fourth-order valence-corrected chi connectivity index (χ4v) is 4.52. The van der Waals surface area contributed by atoms with Crippen LogP contribution in [0.3, 0.4) is 0 Å². The Morgan fingerprint density at radius 2 is 1.79 bits per heavy atom. The Balaban J connectivity index is 2.38. The fraction of sp³-hybridized carbons (Fsp3) is 1.00. The normalized spacial score (nSPS) is 51.2. The second-order valence-electron chi connectivity index (χ2n) is 7.24. The second kappa shape index (κ2) is 4.99. The molecule has 2 rings (SSSR count). The summed E-state index contributed by atoms with van der Waals surface area (Å²) in [7, 11) is 0. The van der Waals surface area contributed by atoms with Gasteiger partial charge in [0.05, 0.1) is 24.4 Å². The minimum atomic E-state index is -1.26. The number of fused-ring (bicyclic) bond motifs is 1. The van der Waals surface area contributed by atoms with Crippen LogP contribution >= 0.6 is 0 Å². The zero-order valence-electron chi connectivity index (χ0n) is 12.2. The van der Waals surface area contributed by atoms with E-state index in [1.54, 1.807) is 0 Å². The molecule has 0 aromatic heterocycles. The van der Waals surface area contributed by atoms with Crippen molar-refractivity contribution in [2.24, 2.45) is 23.2 Å². The molecule has 0 spiro atoms. The topological polar surface area (TPSA) is 80.9 Å². The van der Waals surface area contributed by atoms with Crippen LogP contribution in [0.25, 0.3) is 0 Å². The van der Waals surface area contributed by atoms with Gasteiger partial charge in [0.25, 0.3) is 0 Å². The van der Waals surface area contributed by atoms with Crippen LogP contribution in [0.15, 0.2) is 0 Å². The Bertz CT molecular complexity index is 332. The minimum Gasteiger partial charge on any atom is -0.393 e. The highest BCUT2D eigenvalue weighted by Crippen LogP contribution is 2.56. The average molecular weight is 272 g/mol. The van der Waals surface area contributed by atoms with Gasteiger partial charge in [-0.05, 0) is 37.5 Å². The molecule has 0 radical (unpaired) electrons. The largest absolute Gasteiger partial charge is 0.393 e. The molecule has 0 aliphatic heterocycles. The van der Waals surface area contributed by atoms with E-state index < -0.39 is 29.1 Å². The molecule has 19 heavy (non-hydrogen) atoms. The van der Waals surface area contributed by atoms with Crippen LogP contribution in [0.4, 0.5) is 0 Å². The van der Waals surface area contributed by atoms with E-state index in [2.05, 4.69) is 13.8 Å². The summed E-state index contributed by atoms with van der Waals surface area (Å²) in [6.45, 7) is 5.76. The third-order valence-corrected chi connectivity index (χ3v) is 5.83. The molecule has 6 unspecified atom stereocenters. The van der Waals surface area contributed by atoms with Crippen molar-refractivity contribution in [2.45, 2.75) is 64.3 Å². The predicted octanol–water partition coefficient (Wildman–Crippen LogP) is 0.914. The summed E-state index contributed by atoms with van der Waals surface area (Å²) in [6.07, 6.45) is 1.33. The first-order valence-electron chi connectivity index (χ1n) is 7.45. The van der Waals surface area contributed by atoms with Crippen molar-refractivity contribution in [3.8, 4) is 0 Å². The van der Waals surface area contributed by atoms with E-state index >= 15 is 0 Å². The lowest BCUT2D eigenvalue weighted by atomic mass is 9.50. The van der Waals surface area contributed by atoms with E-state index in [0.29, 0.717) is 18.8 Å². The van der Waals surface area contributed by atoms with E-state index in [1.807, 2.05) is 6.92 Å². The van der Waals surface area contributed by atoms with Gasteiger partial charge in [0.15, 0.2) is 0 Å². The molecule has 0 heterocycles. The van der Waals surface area contributed by atoms with Gasteiger partial charge in [-0.1, -0.05) is 20.8 Å². The highest BCUT2D eigenvalue weighted by Gasteiger charge is 2.60. The van der Waals surface area contributed by atoms with Crippen LogP contribution in [-0.2, 0) is 0 Å². The van der Waals surface area contributed by atoms with Crippen molar-refractivity contribution in [3.63, 3.8) is 0 Å². The van der Waals surface area contributed by atoms with Gasteiger partial charge in [-0.2, -0.15) is 0 Å². The lowest BCUT2D eigenvalue weighted by molar-refractivity contribution is -0.235. The van der Waals surface area contributed by atoms with Crippen LogP contribution in [0.2, 0.25) is 0 Å². The number of hydrogen-bond donors (Lipinski definition) is 4. The summed E-state index contributed by atoms with van der Waals surface area (Å²) >= 11 is 0. The monoisotopic (exact) mass is 272 g/mol. The van der Waals surface area contributed by atoms with Crippen molar-refractivity contribution in [1.82, 2.24) is 0 Å². The molecule has 2 saturated carbocycles. The average Bonchev–Trinajstić information content (AvgIpc) is 2.34.